The van der Waals surface area contributed by atoms with Gasteiger partial charge >= 0.3 is 0 Å². The topological polar surface area (TPSA) is 101 Å². The second-order valence-electron chi connectivity index (χ2n) is 4.99. The molecule has 0 fully saturated rings. The highest BCUT2D eigenvalue weighted by molar-refractivity contribution is 5.97. The Hall–Kier alpha value is -3.16. The maximum absolute atomic E-state index is 12.0. The highest BCUT2D eigenvalue weighted by Gasteiger charge is 2.09. The molecule has 0 atom stereocenters. The van der Waals surface area contributed by atoms with E-state index in [1.807, 2.05) is 24.3 Å². The quantitative estimate of drug-likeness (QED) is 0.494. The van der Waals surface area contributed by atoms with E-state index in [1.165, 1.54) is 29.7 Å². The van der Waals surface area contributed by atoms with Gasteiger partial charge in [0.05, 0.1) is 6.26 Å². The van der Waals surface area contributed by atoms with Gasteiger partial charge in [-0.1, -0.05) is 12.1 Å². The first kappa shape index (κ1) is 15.7. The third-order valence-corrected chi connectivity index (χ3v) is 3.49. The van der Waals surface area contributed by atoms with Gasteiger partial charge in [0.2, 0.25) is 0 Å². The number of hydrogen-bond acceptors (Lipinski definition) is 5. The Morgan fingerprint density at radius 3 is 2.42 bits per heavy atom. The van der Waals surface area contributed by atoms with Crippen molar-refractivity contribution in [2.24, 2.45) is 0 Å². The Bertz CT molecular complexity index is 870. The molecule has 0 aliphatic carbocycles. The molecule has 3 aromatic rings. The lowest BCUT2D eigenvalue weighted by atomic mass is 10.1. The first-order chi connectivity index (χ1) is 11.7. The summed E-state index contributed by atoms with van der Waals surface area (Å²) < 4.78 is 5.30. The van der Waals surface area contributed by atoms with Gasteiger partial charge in [0.25, 0.3) is 11.8 Å². The van der Waals surface area contributed by atoms with Crippen LogP contribution in [-0.2, 0) is 11.4 Å². The van der Waals surface area contributed by atoms with E-state index < -0.39 is 11.8 Å². The largest absolute Gasteiger partial charge is 0.464 e. The average molecular weight is 326 g/mol. The zero-order valence-electron chi connectivity index (χ0n) is 12.5. The number of furan rings is 1. The van der Waals surface area contributed by atoms with E-state index in [0.717, 1.165) is 16.5 Å². The lowest BCUT2D eigenvalue weighted by molar-refractivity contribution is 0.0237. The lowest BCUT2D eigenvalue weighted by Crippen LogP contribution is -2.24. The van der Waals surface area contributed by atoms with Gasteiger partial charge in [-0.3, -0.25) is 19.6 Å². The molecule has 2 amide bonds. The number of carbonyl (C=O) groups excluding carboxylic acids is 2. The normalized spacial score (nSPS) is 10.5. The second-order valence-corrected chi connectivity index (χ2v) is 4.99. The maximum Gasteiger partial charge on any atom is 0.274 e. The maximum atomic E-state index is 12.0. The molecular formula is C17H14N2O5. The molecule has 24 heavy (non-hydrogen) atoms. The zero-order chi connectivity index (χ0) is 16.9. The number of rotatable bonds is 5. The summed E-state index contributed by atoms with van der Waals surface area (Å²) in [6, 6.07) is 13.2. The molecule has 0 aliphatic rings. The molecule has 1 aromatic heterocycles. The molecule has 0 spiro atoms. The highest BCUT2D eigenvalue weighted by Crippen LogP contribution is 2.20. The number of carbonyl (C=O) groups is 2. The Morgan fingerprint density at radius 1 is 1.00 bits per heavy atom. The smallest absolute Gasteiger partial charge is 0.274 e. The van der Waals surface area contributed by atoms with E-state index in [4.69, 9.17) is 14.5 Å². The fourth-order valence-electron chi connectivity index (χ4n) is 2.26. The summed E-state index contributed by atoms with van der Waals surface area (Å²) >= 11 is 0. The molecule has 1 heterocycles. The highest BCUT2D eigenvalue weighted by atomic mass is 16.6. The SMILES string of the molecule is O=C(NO)c1ccc(C(=O)NOCc2cccc3occc23)cc1. The van der Waals surface area contributed by atoms with Crippen LogP contribution in [0.1, 0.15) is 26.3 Å². The third kappa shape index (κ3) is 3.27. The molecule has 122 valence electrons. The molecule has 0 aliphatic heterocycles. The zero-order valence-corrected chi connectivity index (χ0v) is 12.5. The molecule has 7 heteroatoms. The van der Waals surface area contributed by atoms with Crippen molar-refractivity contribution in [3.63, 3.8) is 0 Å². The van der Waals surface area contributed by atoms with E-state index in [1.54, 1.807) is 6.26 Å². The van der Waals surface area contributed by atoms with Crippen molar-refractivity contribution in [2.75, 3.05) is 0 Å². The van der Waals surface area contributed by atoms with Crippen LogP contribution < -0.4 is 11.0 Å². The van der Waals surface area contributed by atoms with Crippen molar-refractivity contribution in [1.82, 2.24) is 11.0 Å². The number of amides is 2. The van der Waals surface area contributed by atoms with Crippen LogP contribution in [0.5, 0.6) is 0 Å². The third-order valence-electron chi connectivity index (χ3n) is 3.49. The van der Waals surface area contributed by atoms with Crippen LogP contribution in [0.25, 0.3) is 11.0 Å². The monoisotopic (exact) mass is 326 g/mol. The van der Waals surface area contributed by atoms with Crippen LogP contribution in [0, 0.1) is 0 Å². The summed E-state index contributed by atoms with van der Waals surface area (Å²) in [5, 5.41) is 9.47. The molecule has 3 rings (SSSR count). The van der Waals surface area contributed by atoms with Gasteiger partial charge in [-0.25, -0.2) is 11.0 Å². The molecule has 0 bridgehead atoms. The van der Waals surface area contributed by atoms with Gasteiger partial charge in [0.1, 0.15) is 12.2 Å². The summed E-state index contributed by atoms with van der Waals surface area (Å²) in [5.41, 5.74) is 6.07. The van der Waals surface area contributed by atoms with Crippen LogP contribution in [0.4, 0.5) is 0 Å². The van der Waals surface area contributed by atoms with Crippen molar-refractivity contribution in [3.8, 4) is 0 Å². The minimum absolute atomic E-state index is 0.188. The van der Waals surface area contributed by atoms with E-state index in [-0.39, 0.29) is 12.2 Å². The van der Waals surface area contributed by atoms with Gasteiger partial charge in [-0.05, 0) is 42.0 Å². The van der Waals surface area contributed by atoms with E-state index in [9.17, 15) is 9.59 Å². The Kier molecular flexibility index (Phi) is 4.55. The van der Waals surface area contributed by atoms with Crippen molar-refractivity contribution in [2.45, 2.75) is 6.61 Å². The summed E-state index contributed by atoms with van der Waals surface area (Å²) in [5.74, 6) is -1.09. The Morgan fingerprint density at radius 2 is 1.71 bits per heavy atom. The van der Waals surface area contributed by atoms with Gasteiger partial charge in [0.15, 0.2) is 0 Å². The Labute approximate surface area is 136 Å². The van der Waals surface area contributed by atoms with Gasteiger partial charge in [0, 0.05) is 16.5 Å². The van der Waals surface area contributed by atoms with Gasteiger partial charge in [-0.2, -0.15) is 0 Å². The van der Waals surface area contributed by atoms with Crippen LogP contribution >= 0.6 is 0 Å². The number of fused-ring (bicyclic) bond motifs is 1. The first-order valence-electron chi connectivity index (χ1n) is 7.11. The number of hydrogen-bond donors (Lipinski definition) is 3. The van der Waals surface area contributed by atoms with Crippen molar-refractivity contribution >= 4 is 22.8 Å². The minimum Gasteiger partial charge on any atom is -0.464 e. The van der Waals surface area contributed by atoms with Crippen molar-refractivity contribution < 1.29 is 24.1 Å². The predicted molar refractivity (Wildman–Crippen MR) is 84.2 cm³/mol. The average Bonchev–Trinajstić information content (AvgIpc) is 3.10. The molecule has 0 unspecified atom stereocenters. The van der Waals surface area contributed by atoms with Crippen LogP contribution in [-0.4, -0.2) is 17.0 Å². The van der Waals surface area contributed by atoms with Gasteiger partial charge < -0.3 is 4.42 Å². The van der Waals surface area contributed by atoms with Crippen LogP contribution in [0.3, 0.4) is 0 Å². The molecule has 3 N–H and O–H groups in total. The first-order valence-corrected chi connectivity index (χ1v) is 7.11. The van der Waals surface area contributed by atoms with Crippen LogP contribution in [0.2, 0.25) is 0 Å². The van der Waals surface area contributed by atoms with Crippen LogP contribution in [0.15, 0.2) is 59.2 Å². The summed E-state index contributed by atoms with van der Waals surface area (Å²) in [7, 11) is 0. The van der Waals surface area contributed by atoms with Crippen molar-refractivity contribution in [3.05, 3.63) is 71.5 Å². The number of hydroxylamine groups is 2. The summed E-state index contributed by atoms with van der Waals surface area (Å²) in [4.78, 5) is 28.5. The van der Waals surface area contributed by atoms with E-state index >= 15 is 0 Å². The lowest BCUT2D eigenvalue weighted by Gasteiger charge is -2.07. The van der Waals surface area contributed by atoms with E-state index in [2.05, 4.69) is 5.48 Å². The Balaban J connectivity index is 1.59. The van der Waals surface area contributed by atoms with E-state index in [0.29, 0.717) is 5.56 Å². The molecular weight excluding hydrogens is 312 g/mol. The number of benzene rings is 2. The summed E-state index contributed by atoms with van der Waals surface area (Å²) in [6.45, 7) is 0.188. The molecule has 7 nitrogen and oxygen atoms in total. The van der Waals surface area contributed by atoms with Gasteiger partial charge in [-0.15, -0.1) is 0 Å². The molecule has 0 saturated carbocycles. The molecule has 0 saturated heterocycles. The summed E-state index contributed by atoms with van der Waals surface area (Å²) in [6.07, 6.45) is 1.59. The minimum atomic E-state index is -0.647. The molecule has 2 aromatic carbocycles. The standard InChI is InChI=1S/C17H14N2O5/c20-16(18-22)11-4-6-12(7-5-11)17(21)19-24-10-13-2-1-3-15-14(13)8-9-23-15/h1-9,22H,10H2,(H,18,20)(H,19,21). The molecule has 0 radical (unpaired) electrons. The fraction of sp³-hybridized carbons (Fsp3) is 0.0588. The number of nitrogens with one attached hydrogen (secondary N) is 2. The predicted octanol–water partition coefficient (Wildman–Crippen LogP) is 2.41. The second kappa shape index (κ2) is 6.95. The van der Waals surface area contributed by atoms with Crippen molar-refractivity contribution in [1.29, 1.82) is 0 Å². The fourth-order valence-corrected chi connectivity index (χ4v) is 2.26.